The number of carbonyl (C=O) groups is 1. The van der Waals surface area contributed by atoms with Crippen LogP contribution in [0, 0.1) is 0 Å². The average Bonchev–Trinajstić information content (AvgIpc) is 2.67. The minimum absolute atomic E-state index is 0.195. The third kappa shape index (κ3) is 4.19. The van der Waals surface area contributed by atoms with Crippen molar-refractivity contribution in [2.24, 2.45) is 0 Å². The van der Waals surface area contributed by atoms with Gasteiger partial charge >= 0.3 is 6.09 Å². The first-order valence-corrected chi connectivity index (χ1v) is 8.15. The molecule has 0 unspecified atom stereocenters. The van der Waals surface area contributed by atoms with Crippen LogP contribution in [0.5, 0.6) is 5.75 Å². The molecule has 5 nitrogen and oxygen atoms in total. The van der Waals surface area contributed by atoms with Gasteiger partial charge in [-0.1, -0.05) is 54.6 Å². The Balaban J connectivity index is 1.73. The summed E-state index contributed by atoms with van der Waals surface area (Å²) in [7, 11) is 1.61. The average molecular weight is 339 g/mol. The van der Waals surface area contributed by atoms with E-state index in [9.17, 15) is 9.90 Å². The van der Waals surface area contributed by atoms with Crippen LogP contribution in [0.25, 0.3) is 0 Å². The van der Waals surface area contributed by atoms with Crippen LogP contribution in [0.2, 0.25) is 0 Å². The number of ether oxygens (including phenoxy) is 2. The van der Waals surface area contributed by atoms with E-state index in [0.717, 1.165) is 16.9 Å². The number of β-amino-alcohol motifs (C(OH)–C–C–N with tert-alkyl or cyclic N) is 1. The summed E-state index contributed by atoms with van der Waals surface area (Å²) in [5, 5.41) is 9.90. The molecule has 0 saturated carbocycles. The van der Waals surface area contributed by atoms with Crippen molar-refractivity contribution in [2.75, 3.05) is 13.7 Å². The zero-order valence-corrected chi connectivity index (χ0v) is 14.0. The number of carbonyl (C=O) groups excluding carboxylic acids is 1. The first-order chi connectivity index (χ1) is 12.2. The minimum atomic E-state index is -0.696. The number of rotatable bonds is 4. The molecule has 3 rings (SSSR count). The molecule has 0 bridgehead atoms. The fourth-order valence-electron chi connectivity index (χ4n) is 2.80. The fourth-order valence-corrected chi connectivity index (χ4v) is 2.80. The lowest BCUT2D eigenvalue weighted by molar-refractivity contribution is 0.0632. The number of methoxy groups -OCH3 is 1. The fraction of sp³-hybridized carbons (Fsp3) is 0.250. The Labute approximate surface area is 147 Å². The molecule has 0 spiro atoms. The minimum Gasteiger partial charge on any atom is -0.497 e. The highest BCUT2D eigenvalue weighted by molar-refractivity contribution is 5.69. The molecule has 0 aliphatic carbocycles. The molecule has 0 radical (unpaired) electrons. The molecule has 130 valence electrons. The number of aliphatic hydroxyl groups excluding tert-OH is 1. The van der Waals surface area contributed by atoms with Crippen molar-refractivity contribution < 1.29 is 19.4 Å². The van der Waals surface area contributed by atoms with E-state index in [0.29, 0.717) is 0 Å². The maximum absolute atomic E-state index is 12.6. The second kappa shape index (κ2) is 7.85. The van der Waals surface area contributed by atoms with Gasteiger partial charge in [-0.3, -0.25) is 4.90 Å². The van der Waals surface area contributed by atoms with Gasteiger partial charge < -0.3 is 14.6 Å². The van der Waals surface area contributed by atoms with Crippen LogP contribution in [0.15, 0.2) is 66.7 Å². The van der Waals surface area contributed by atoms with Gasteiger partial charge in [-0.05, 0) is 23.3 Å². The van der Waals surface area contributed by atoms with Crippen molar-refractivity contribution in [3.05, 3.63) is 77.9 Å². The van der Waals surface area contributed by atoms with Gasteiger partial charge in [0, 0.05) is 0 Å². The Bertz CT molecular complexity index is 727. The molecule has 0 aromatic heterocycles. The summed E-state index contributed by atoms with van der Waals surface area (Å²) in [6, 6.07) is 16.7. The molecule has 2 atom stereocenters. The summed E-state index contributed by atoms with van der Waals surface area (Å²) < 4.78 is 10.6. The highest BCUT2D eigenvalue weighted by Gasteiger charge is 2.29. The Kier molecular flexibility index (Phi) is 5.36. The van der Waals surface area contributed by atoms with E-state index < -0.39 is 12.2 Å². The Morgan fingerprint density at radius 2 is 1.84 bits per heavy atom. The van der Waals surface area contributed by atoms with E-state index in [2.05, 4.69) is 0 Å². The van der Waals surface area contributed by atoms with Crippen LogP contribution in [-0.4, -0.2) is 35.9 Å². The van der Waals surface area contributed by atoms with Crippen LogP contribution in [0.1, 0.15) is 17.2 Å². The zero-order chi connectivity index (χ0) is 17.6. The third-order valence-corrected chi connectivity index (χ3v) is 4.13. The van der Waals surface area contributed by atoms with Crippen LogP contribution >= 0.6 is 0 Å². The standard InChI is InChI=1S/C20H21NO4/c1-24-18-10-7-16(8-11-18)19-12-9-17(22)13-21(19)20(23)25-14-15-5-3-2-4-6-15/h2-12,17,19,22H,13-14H2,1H3/t17-,19+/m0/s1. The van der Waals surface area contributed by atoms with Crippen molar-refractivity contribution in [1.29, 1.82) is 0 Å². The van der Waals surface area contributed by atoms with Gasteiger partial charge in [0.1, 0.15) is 12.4 Å². The van der Waals surface area contributed by atoms with Crippen molar-refractivity contribution in [2.45, 2.75) is 18.8 Å². The third-order valence-electron chi connectivity index (χ3n) is 4.13. The molecule has 2 aromatic carbocycles. The monoisotopic (exact) mass is 339 g/mol. The molecule has 25 heavy (non-hydrogen) atoms. The number of hydrogen-bond acceptors (Lipinski definition) is 4. The first-order valence-electron chi connectivity index (χ1n) is 8.15. The number of aliphatic hydroxyl groups is 1. The SMILES string of the molecule is COc1ccc([C@H]2C=C[C@H](O)CN2C(=O)OCc2ccccc2)cc1. The maximum Gasteiger partial charge on any atom is 0.410 e. The van der Waals surface area contributed by atoms with Gasteiger partial charge in [0.05, 0.1) is 25.8 Å². The van der Waals surface area contributed by atoms with Crippen molar-refractivity contribution in [1.82, 2.24) is 4.90 Å². The second-order valence-electron chi connectivity index (χ2n) is 5.86. The molecule has 2 aromatic rings. The van der Waals surface area contributed by atoms with Crippen LogP contribution < -0.4 is 4.74 Å². The van der Waals surface area contributed by atoms with E-state index in [1.165, 1.54) is 4.90 Å². The molecular formula is C20H21NO4. The summed E-state index contributed by atoms with van der Waals surface area (Å²) in [6.45, 7) is 0.395. The normalized spacial score (nSPS) is 19.5. The summed E-state index contributed by atoms with van der Waals surface area (Å²) in [6.07, 6.45) is 2.38. The highest BCUT2D eigenvalue weighted by Crippen LogP contribution is 2.28. The molecule has 0 saturated heterocycles. The predicted molar refractivity (Wildman–Crippen MR) is 94.2 cm³/mol. The molecule has 0 fully saturated rings. The van der Waals surface area contributed by atoms with Gasteiger partial charge in [-0.2, -0.15) is 0 Å². The smallest absolute Gasteiger partial charge is 0.410 e. The number of benzene rings is 2. The van der Waals surface area contributed by atoms with Crippen LogP contribution in [0.3, 0.4) is 0 Å². The molecule has 1 aliphatic rings. The zero-order valence-electron chi connectivity index (χ0n) is 14.0. The number of amides is 1. The number of hydrogen-bond donors (Lipinski definition) is 1. The molecule has 1 amide bonds. The lowest BCUT2D eigenvalue weighted by atomic mass is 10.0. The Morgan fingerprint density at radius 1 is 1.12 bits per heavy atom. The van der Waals surface area contributed by atoms with Crippen molar-refractivity contribution in [3.63, 3.8) is 0 Å². The largest absolute Gasteiger partial charge is 0.497 e. The second-order valence-corrected chi connectivity index (χ2v) is 5.86. The lowest BCUT2D eigenvalue weighted by Gasteiger charge is -2.33. The molecular weight excluding hydrogens is 318 g/mol. The van der Waals surface area contributed by atoms with E-state index in [-0.39, 0.29) is 19.2 Å². The van der Waals surface area contributed by atoms with Crippen molar-refractivity contribution in [3.8, 4) is 5.75 Å². The van der Waals surface area contributed by atoms with Crippen LogP contribution in [-0.2, 0) is 11.3 Å². The first kappa shape index (κ1) is 17.0. The summed E-state index contributed by atoms with van der Waals surface area (Å²) in [4.78, 5) is 14.1. The Morgan fingerprint density at radius 3 is 2.52 bits per heavy atom. The molecule has 1 N–H and O–H groups in total. The number of nitrogens with zero attached hydrogens (tertiary/aromatic N) is 1. The van der Waals surface area contributed by atoms with Gasteiger partial charge in [0.25, 0.3) is 0 Å². The lowest BCUT2D eigenvalue weighted by Crippen LogP contribution is -2.42. The van der Waals surface area contributed by atoms with Gasteiger partial charge in [-0.25, -0.2) is 4.79 Å². The van der Waals surface area contributed by atoms with Gasteiger partial charge in [-0.15, -0.1) is 0 Å². The summed E-state index contributed by atoms with van der Waals surface area (Å²) >= 11 is 0. The van der Waals surface area contributed by atoms with E-state index in [1.807, 2.05) is 60.7 Å². The molecule has 1 heterocycles. The van der Waals surface area contributed by atoms with Crippen LogP contribution in [0.4, 0.5) is 4.79 Å². The van der Waals surface area contributed by atoms with E-state index >= 15 is 0 Å². The predicted octanol–water partition coefficient (Wildman–Crippen LogP) is 3.31. The van der Waals surface area contributed by atoms with Gasteiger partial charge in [0.15, 0.2) is 0 Å². The summed E-state index contributed by atoms with van der Waals surface area (Å²) in [5.74, 6) is 0.752. The quantitative estimate of drug-likeness (QED) is 0.868. The maximum atomic E-state index is 12.6. The van der Waals surface area contributed by atoms with E-state index in [4.69, 9.17) is 9.47 Å². The Hall–Kier alpha value is -2.79. The molecule has 5 heteroatoms. The van der Waals surface area contributed by atoms with Gasteiger partial charge in [0.2, 0.25) is 0 Å². The summed E-state index contributed by atoms with van der Waals surface area (Å²) in [5.41, 5.74) is 1.85. The topological polar surface area (TPSA) is 59.0 Å². The van der Waals surface area contributed by atoms with Crippen molar-refractivity contribution >= 4 is 6.09 Å². The molecule has 1 aliphatic heterocycles. The van der Waals surface area contributed by atoms with E-state index in [1.54, 1.807) is 13.2 Å². The highest BCUT2D eigenvalue weighted by atomic mass is 16.6.